The molecule has 0 bridgehead atoms. The molecule has 6 heteroatoms. The molecule has 148 valence electrons. The van der Waals surface area contributed by atoms with Crippen LogP contribution in [-0.4, -0.2) is 35.2 Å². The monoisotopic (exact) mass is 400 g/mol. The van der Waals surface area contributed by atoms with Crippen molar-refractivity contribution < 1.29 is 13.9 Å². The van der Waals surface area contributed by atoms with E-state index in [-0.39, 0.29) is 23.1 Å². The van der Waals surface area contributed by atoms with Gasteiger partial charge in [-0.1, -0.05) is 18.6 Å². The Labute approximate surface area is 169 Å². The van der Waals surface area contributed by atoms with Crippen LogP contribution in [0.1, 0.15) is 37.1 Å². The largest absolute Gasteiger partial charge is 0.457 e. The van der Waals surface area contributed by atoms with Crippen LogP contribution in [0.5, 0.6) is 11.5 Å². The van der Waals surface area contributed by atoms with E-state index in [1.807, 2.05) is 29.2 Å². The van der Waals surface area contributed by atoms with Crippen LogP contribution in [-0.2, 0) is 4.79 Å². The molecule has 2 saturated heterocycles. The van der Waals surface area contributed by atoms with Gasteiger partial charge < -0.3 is 15.0 Å². The summed E-state index contributed by atoms with van der Waals surface area (Å²) in [7, 11) is 0. The lowest BCUT2D eigenvalue weighted by Crippen LogP contribution is -2.51. The number of thioether (sulfide) groups is 1. The second kappa shape index (κ2) is 8.53. The Morgan fingerprint density at radius 3 is 2.43 bits per heavy atom. The summed E-state index contributed by atoms with van der Waals surface area (Å²) in [6.07, 6.45) is 3.55. The molecule has 3 unspecified atom stereocenters. The third-order valence-electron chi connectivity index (χ3n) is 5.49. The molecule has 0 aromatic heterocycles. The fraction of sp³-hybridized carbons (Fsp3) is 0.409. The molecule has 1 amide bonds. The number of ether oxygens (including phenoxy) is 1. The van der Waals surface area contributed by atoms with E-state index in [2.05, 4.69) is 12.2 Å². The van der Waals surface area contributed by atoms with Crippen LogP contribution >= 0.6 is 11.8 Å². The molecule has 1 N–H and O–H groups in total. The number of hydrogen-bond acceptors (Lipinski definition) is 4. The van der Waals surface area contributed by atoms with Gasteiger partial charge in [-0.25, -0.2) is 4.39 Å². The molecule has 0 saturated carbocycles. The number of carbonyl (C=O) groups excluding carboxylic acids is 1. The van der Waals surface area contributed by atoms with Crippen molar-refractivity contribution in [3.05, 3.63) is 59.9 Å². The predicted octanol–water partition coefficient (Wildman–Crippen LogP) is 4.72. The average Bonchev–Trinajstić information content (AvgIpc) is 3.12. The summed E-state index contributed by atoms with van der Waals surface area (Å²) in [4.78, 5) is 14.6. The first-order chi connectivity index (χ1) is 13.6. The number of carbonyl (C=O) groups is 1. The highest BCUT2D eigenvalue weighted by atomic mass is 32.2. The lowest BCUT2D eigenvalue weighted by atomic mass is 9.97. The second-order valence-corrected chi connectivity index (χ2v) is 8.45. The molecule has 2 aromatic carbocycles. The number of amides is 1. The second-order valence-electron chi connectivity index (χ2n) is 7.39. The van der Waals surface area contributed by atoms with Crippen molar-refractivity contribution in [1.29, 1.82) is 0 Å². The number of rotatable bonds is 5. The van der Waals surface area contributed by atoms with Crippen LogP contribution < -0.4 is 10.1 Å². The number of nitrogens with zero attached hydrogens (tertiary/aromatic N) is 1. The van der Waals surface area contributed by atoms with Gasteiger partial charge in [0.2, 0.25) is 5.91 Å². The molecule has 0 radical (unpaired) electrons. The normalized spacial score (nSPS) is 23.6. The molecule has 2 aliphatic rings. The van der Waals surface area contributed by atoms with Gasteiger partial charge in [-0.3, -0.25) is 4.79 Å². The quantitative estimate of drug-likeness (QED) is 0.788. The first-order valence-electron chi connectivity index (χ1n) is 9.81. The summed E-state index contributed by atoms with van der Waals surface area (Å²) in [5.41, 5.74) is 1.10. The van der Waals surface area contributed by atoms with Crippen molar-refractivity contribution in [3.63, 3.8) is 0 Å². The zero-order valence-corrected chi connectivity index (χ0v) is 16.8. The lowest BCUT2D eigenvalue weighted by Gasteiger charge is -2.38. The Morgan fingerprint density at radius 2 is 1.79 bits per heavy atom. The zero-order chi connectivity index (χ0) is 19.5. The maximum atomic E-state index is 13.0. The van der Waals surface area contributed by atoms with Crippen molar-refractivity contribution in [2.45, 2.75) is 43.6 Å². The molecular formula is C22H25FN2O2S. The summed E-state index contributed by atoms with van der Waals surface area (Å²) < 4.78 is 18.8. The van der Waals surface area contributed by atoms with Gasteiger partial charge in [-0.15, -0.1) is 11.8 Å². The first kappa shape index (κ1) is 19.3. The van der Waals surface area contributed by atoms with E-state index < -0.39 is 0 Å². The predicted molar refractivity (Wildman–Crippen MR) is 110 cm³/mol. The van der Waals surface area contributed by atoms with Crippen LogP contribution in [0.4, 0.5) is 4.39 Å². The number of nitrogens with one attached hydrogen (secondary N) is 1. The Balaban J connectivity index is 1.47. The minimum Gasteiger partial charge on any atom is -0.457 e. The van der Waals surface area contributed by atoms with Crippen LogP contribution in [0.2, 0.25) is 0 Å². The van der Waals surface area contributed by atoms with Gasteiger partial charge in [0.15, 0.2) is 0 Å². The highest BCUT2D eigenvalue weighted by molar-refractivity contribution is 8.00. The topological polar surface area (TPSA) is 41.6 Å². The highest BCUT2D eigenvalue weighted by Crippen LogP contribution is 2.41. The van der Waals surface area contributed by atoms with Crippen LogP contribution in [0, 0.1) is 5.82 Å². The molecule has 0 aliphatic carbocycles. The van der Waals surface area contributed by atoms with Gasteiger partial charge in [0, 0.05) is 12.1 Å². The van der Waals surface area contributed by atoms with E-state index in [0.717, 1.165) is 18.5 Å². The number of hydrogen-bond donors (Lipinski definition) is 1. The Hall–Kier alpha value is -2.05. The fourth-order valence-corrected chi connectivity index (χ4v) is 5.23. The van der Waals surface area contributed by atoms with Crippen molar-refractivity contribution in [2.24, 2.45) is 0 Å². The molecule has 2 heterocycles. The van der Waals surface area contributed by atoms with E-state index in [9.17, 15) is 9.18 Å². The SMILES string of the molecule is CC(C1CCCCN1)N1C(=O)CSC1c1ccc(Oc2ccc(F)cc2)cc1. The van der Waals surface area contributed by atoms with Crippen LogP contribution in [0.25, 0.3) is 0 Å². The minimum absolute atomic E-state index is 0.0334. The summed E-state index contributed by atoms with van der Waals surface area (Å²) in [6, 6.07) is 14.3. The Kier molecular flexibility index (Phi) is 5.87. The van der Waals surface area contributed by atoms with E-state index in [1.165, 1.54) is 25.0 Å². The van der Waals surface area contributed by atoms with E-state index >= 15 is 0 Å². The number of halogens is 1. The van der Waals surface area contributed by atoms with Crippen molar-refractivity contribution in [2.75, 3.05) is 12.3 Å². The summed E-state index contributed by atoms with van der Waals surface area (Å²) in [5, 5.41) is 3.61. The Bertz CT molecular complexity index is 806. The molecule has 2 fully saturated rings. The third kappa shape index (κ3) is 4.18. The summed E-state index contributed by atoms with van der Waals surface area (Å²) in [5.74, 6) is 1.74. The molecular weight excluding hydrogens is 375 g/mol. The smallest absolute Gasteiger partial charge is 0.234 e. The molecule has 4 nitrogen and oxygen atoms in total. The number of benzene rings is 2. The van der Waals surface area contributed by atoms with E-state index in [0.29, 0.717) is 23.3 Å². The van der Waals surface area contributed by atoms with Crippen molar-refractivity contribution in [1.82, 2.24) is 10.2 Å². The molecule has 2 aliphatic heterocycles. The fourth-order valence-electron chi connectivity index (χ4n) is 3.96. The molecule has 28 heavy (non-hydrogen) atoms. The van der Waals surface area contributed by atoms with E-state index in [4.69, 9.17) is 4.74 Å². The lowest BCUT2D eigenvalue weighted by molar-refractivity contribution is -0.130. The van der Waals surface area contributed by atoms with Gasteiger partial charge >= 0.3 is 0 Å². The highest BCUT2D eigenvalue weighted by Gasteiger charge is 2.39. The number of piperidine rings is 1. The molecule has 0 spiro atoms. The van der Waals surface area contributed by atoms with Crippen molar-refractivity contribution >= 4 is 17.7 Å². The maximum absolute atomic E-state index is 13.0. The van der Waals surface area contributed by atoms with Gasteiger partial charge in [0.25, 0.3) is 0 Å². The van der Waals surface area contributed by atoms with Crippen molar-refractivity contribution in [3.8, 4) is 11.5 Å². The van der Waals surface area contributed by atoms with Gasteiger partial charge in [0.05, 0.1) is 5.75 Å². The Morgan fingerprint density at radius 1 is 1.11 bits per heavy atom. The van der Waals surface area contributed by atoms with Crippen LogP contribution in [0.3, 0.4) is 0 Å². The van der Waals surface area contributed by atoms with Gasteiger partial charge in [0.1, 0.15) is 22.7 Å². The zero-order valence-electron chi connectivity index (χ0n) is 15.9. The van der Waals surface area contributed by atoms with Gasteiger partial charge in [-0.05, 0) is 68.3 Å². The summed E-state index contributed by atoms with van der Waals surface area (Å²) >= 11 is 1.68. The summed E-state index contributed by atoms with van der Waals surface area (Å²) in [6.45, 7) is 3.19. The average molecular weight is 401 g/mol. The maximum Gasteiger partial charge on any atom is 0.234 e. The molecule has 4 rings (SSSR count). The molecule has 3 atom stereocenters. The van der Waals surface area contributed by atoms with Gasteiger partial charge in [-0.2, -0.15) is 0 Å². The van der Waals surface area contributed by atoms with E-state index in [1.54, 1.807) is 23.9 Å². The third-order valence-corrected chi connectivity index (χ3v) is 6.72. The minimum atomic E-state index is -0.285. The first-order valence-corrected chi connectivity index (χ1v) is 10.9. The standard InChI is InChI=1S/C22H25FN2O2S/c1-15(20-4-2-3-13-24-20)25-21(26)14-28-22(25)16-5-9-18(10-6-16)27-19-11-7-17(23)8-12-19/h5-12,15,20,22,24H,2-4,13-14H2,1H3. The molecule has 2 aromatic rings. The van der Waals surface area contributed by atoms with Crippen LogP contribution in [0.15, 0.2) is 48.5 Å².